The minimum atomic E-state index is -1.02. The van der Waals surface area contributed by atoms with Gasteiger partial charge in [-0.1, -0.05) is 18.2 Å². The van der Waals surface area contributed by atoms with Gasteiger partial charge in [-0.05, 0) is 56.6 Å². The van der Waals surface area contributed by atoms with Crippen LogP contribution in [0.5, 0.6) is 0 Å². The third kappa shape index (κ3) is 2.99. The van der Waals surface area contributed by atoms with Gasteiger partial charge < -0.3 is 10.1 Å². The minimum Gasteiger partial charge on any atom is -0.454 e. The predicted octanol–water partition coefficient (Wildman–Crippen LogP) is 1.90. The number of amides is 3. The number of carbonyl (C=O) groups is 4. The Bertz CT molecular complexity index is 823. The quantitative estimate of drug-likeness (QED) is 0.618. The number of imide groups is 1. The fraction of sp³-hybridized carbons (Fsp3) is 0.524. The van der Waals surface area contributed by atoms with Gasteiger partial charge in [0.25, 0.3) is 5.91 Å². The van der Waals surface area contributed by atoms with E-state index in [-0.39, 0.29) is 35.5 Å². The first kappa shape index (κ1) is 18.7. The van der Waals surface area contributed by atoms with E-state index in [4.69, 9.17) is 4.74 Å². The summed E-state index contributed by atoms with van der Waals surface area (Å²) in [7, 11) is 0. The van der Waals surface area contributed by atoms with Gasteiger partial charge in [-0.25, -0.2) is 4.79 Å². The van der Waals surface area contributed by atoms with Crippen LogP contribution in [-0.2, 0) is 23.9 Å². The van der Waals surface area contributed by atoms with Crippen molar-refractivity contribution in [3.05, 3.63) is 29.8 Å². The lowest BCUT2D eigenvalue weighted by atomic mass is 9.81. The largest absolute Gasteiger partial charge is 0.454 e. The van der Waals surface area contributed by atoms with Crippen LogP contribution in [0.2, 0.25) is 0 Å². The van der Waals surface area contributed by atoms with Crippen LogP contribution in [0.1, 0.15) is 31.7 Å². The average molecular weight is 384 g/mol. The monoisotopic (exact) mass is 384 g/mol. The number of likely N-dealkylation sites (tertiary alicyclic amines) is 1. The maximum Gasteiger partial charge on any atom is 0.329 e. The Hall–Kier alpha value is -2.70. The lowest BCUT2D eigenvalue weighted by Gasteiger charge is -2.23. The van der Waals surface area contributed by atoms with Crippen LogP contribution in [0.15, 0.2) is 24.3 Å². The van der Waals surface area contributed by atoms with E-state index in [1.54, 1.807) is 12.1 Å². The van der Waals surface area contributed by atoms with Crippen LogP contribution in [0.3, 0.4) is 0 Å². The normalized spacial score (nSPS) is 29.0. The number of ether oxygens (including phenoxy) is 1. The molecule has 7 heteroatoms. The highest BCUT2D eigenvalue weighted by molar-refractivity contribution is 6.08. The summed E-state index contributed by atoms with van der Waals surface area (Å²) >= 11 is 0. The van der Waals surface area contributed by atoms with E-state index < -0.39 is 24.5 Å². The molecule has 0 radical (unpaired) electrons. The summed E-state index contributed by atoms with van der Waals surface area (Å²) in [6.07, 6.45) is 2.91. The Morgan fingerprint density at radius 3 is 2.36 bits per heavy atom. The zero-order valence-corrected chi connectivity index (χ0v) is 16.0. The number of fused-ring (bicyclic) bond motifs is 5. The van der Waals surface area contributed by atoms with Crippen molar-refractivity contribution >= 4 is 29.4 Å². The molecular weight excluding hydrogens is 360 g/mol. The number of benzene rings is 1. The van der Waals surface area contributed by atoms with Gasteiger partial charge in [0.1, 0.15) is 6.04 Å². The van der Waals surface area contributed by atoms with Crippen molar-refractivity contribution in [3.63, 3.8) is 0 Å². The highest BCUT2D eigenvalue weighted by atomic mass is 16.5. The van der Waals surface area contributed by atoms with E-state index in [0.717, 1.165) is 29.7 Å². The molecule has 2 bridgehead atoms. The molecule has 2 saturated carbocycles. The predicted molar refractivity (Wildman–Crippen MR) is 99.9 cm³/mol. The molecule has 0 aromatic heterocycles. The lowest BCUT2D eigenvalue weighted by Crippen LogP contribution is -2.45. The third-order valence-electron chi connectivity index (χ3n) is 6.45. The molecule has 3 amide bonds. The SMILES string of the molecule is Cc1ccccc1NC(=O)COC(=O)[C@H](C)N1C(=O)[C@@H]2[C@H]3CC[C@@H](C3)[C@H]2C1=O. The van der Waals surface area contributed by atoms with Crippen LogP contribution < -0.4 is 5.32 Å². The first-order chi connectivity index (χ1) is 13.4. The smallest absolute Gasteiger partial charge is 0.329 e. The van der Waals surface area contributed by atoms with Crippen molar-refractivity contribution in [2.24, 2.45) is 23.7 Å². The topological polar surface area (TPSA) is 92.8 Å². The van der Waals surface area contributed by atoms with Gasteiger partial charge in [-0.3, -0.25) is 19.3 Å². The Morgan fingerprint density at radius 1 is 1.14 bits per heavy atom. The second-order valence-electron chi connectivity index (χ2n) is 8.08. The van der Waals surface area contributed by atoms with E-state index in [2.05, 4.69) is 5.32 Å². The maximum atomic E-state index is 12.8. The lowest BCUT2D eigenvalue weighted by molar-refractivity contribution is -0.159. The van der Waals surface area contributed by atoms with E-state index in [9.17, 15) is 19.2 Å². The van der Waals surface area contributed by atoms with Gasteiger partial charge in [-0.2, -0.15) is 0 Å². The molecule has 1 heterocycles. The van der Waals surface area contributed by atoms with Crippen molar-refractivity contribution in [1.82, 2.24) is 4.90 Å². The minimum absolute atomic E-state index is 0.254. The molecule has 7 nitrogen and oxygen atoms in total. The fourth-order valence-electron chi connectivity index (χ4n) is 5.08. The summed E-state index contributed by atoms with van der Waals surface area (Å²) in [6.45, 7) is 2.88. The number of para-hydroxylation sites is 1. The molecule has 3 aliphatic rings. The van der Waals surface area contributed by atoms with Crippen molar-refractivity contribution in [1.29, 1.82) is 0 Å². The molecule has 2 aliphatic carbocycles. The van der Waals surface area contributed by atoms with Crippen LogP contribution in [-0.4, -0.2) is 41.2 Å². The van der Waals surface area contributed by atoms with Gasteiger partial charge >= 0.3 is 5.97 Å². The first-order valence-corrected chi connectivity index (χ1v) is 9.77. The summed E-state index contributed by atoms with van der Waals surface area (Å²) in [4.78, 5) is 51.1. The van der Waals surface area contributed by atoms with Gasteiger partial charge in [0.15, 0.2) is 6.61 Å². The Morgan fingerprint density at radius 2 is 1.75 bits per heavy atom. The molecule has 28 heavy (non-hydrogen) atoms. The number of esters is 1. The highest BCUT2D eigenvalue weighted by Gasteiger charge is 2.62. The Balaban J connectivity index is 1.35. The zero-order valence-electron chi connectivity index (χ0n) is 16.0. The number of anilines is 1. The number of hydrogen-bond donors (Lipinski definition) is 1. The second-order valence-corrected chi connectivity index (χ2v) is 8.08. The summed E-state index contributed by atoms with van der Waals surface area (Å²) in [5.74, 6) is -1.74. The molecule has 0 spiro atoms. The number of nitrogens with zero attached hydrogens (tertiary/aromatic N) is 1. The molecule has 0 unspecified atom stereocenters. The van der Waals surface area contributed by atoms with E-state index in [1.807, 2.05) is 19.1 Å². The van der Waals surface area contributed by atoms with Gasteiger partial charge in [0.2, 0.25) is 11.8 Å². The first-order valence-electron chi connectivity index (χ1n) is 9.77. The molecule has 4 rings (SSSR count). The molecule has 1 saturated heterocycles. The standard InChI is InChI=1S/C21H24N2O5/c1-11-5-3-4-6-15(11)22-16(24)10-28-21(27)12(2)23-19(25)17-13-7-8-14(9-13)18(17)20(23)26/h3-6,12-14,17-18H,7-10H2,1-2H3,(H,22,24)/t12-,13-,14-,17+,18+/m0/s1. The zero-order chi connectivity index (χ0) is 20.0. The van der Waals surface area contributed by atoms with E-state index in [1.165, 1.54) is 6.92 Å². The Labute approximate surface area is 163 Å². The molecule has 1 aliphatic heterocycles. The number of hydrogen-bond acceptors (Lipinski definition) is 5. The Kier molecular flexibility index (Phi) is 4.69. The molecular formula is C21H24N2O5. The summed E-state index contributed by atoms with van der Waals surface area (Å²) in [6, 6.07) is 6.25. The third-order valence-corrected chi connectivity index (χ3v) is 6.45. The van der Waals surface area contributed by atoms with E-state index >= 15 is 0 Å². The van der Waals surface area contributed by atoms with E-state index in [0.29, 0.717) is 5.69 Å². The molecule has 148 valence electrons. The molecule has 3 fully saturated rings. The molecule has 5 atom stereocenters. The number of carbonyl (C=O) groups excluding carboxylic acids is 4. The summed E-state index contributed by atoms with van der Waals surface area (Å²) < 4.78 is 5.08. The maximum absolute atomic E-state index is 12.8. The number of aryl methyl sites for hydroxylation is 1. The molecule has 1 N–H and O–H groups in total. The van der Waals surface area contributed by atoms with Crippen molar-refractivity contribution in [2.75, 3.05) is 11.9 Å². The van der Waals surface area contributed by atoms with Crippen molar-refractivity contribution < 1.29 is 23.9 Å². The summed E-state index contributed by atoms with van der Waals surface area (Å²) in [5.41, 5.74) is 1.54. The molecule has 1 aromatic rings. The summed E-state index contributed by atoms with van der Waals surface area (Å²) in [5, 5.41) is 2.68. The second kappa shape index (κ2) is 7.04. The van der Waals surface area contributed by atoms with Crippen LogP contribution >= 0.6 is 0 Å². The highest BCUT2D eigenvalue weighted by Crippen LogP contribution is 2.56. The van der Waals surface area contributed by atoms with Crippen LogP contribution in [0.4, 0.5) is 5.69 Å². The van der Waals surface area contributed by atoms with Crippen molar-refractivity contribution in [3.8, 4) is 0 Å². The van der Waals surface area contributed by atoms with Crippen LogP contribution in [0, 0.1) is 30.6 Å². The van der Waals surface area contributed by atoms with Crippen molar-refractivity contribution in [2.45, 2.75) is 39.2 Å². The molecule has 1 aromatic carbocycles. The average Bonchev–Trinajstić information content (AvgIpc) is 3.35. The fourth-order valence-corrected chi connectivity index (χ4v) is 5.08. The van der Waals surface area contributed by atoms with Crippen LogP contribution in [0.25, 0.3) is 0 Å². The van der Waals surface area contributed by atoms with Gasteiger partial charge in [0, 0.05) is 5.69 Å². The number of nitrogens with one attached hydrogen (secondary N) is 1. The van der Waals surface area contributed by atoms with Gasteiger partial charge in [0.05, 0.1) is 11.8 Å². The number of rotatable bonds is 5. The van der Waals surface area contributed by atoms with Gasteiger partial charge in [-0.15, -0.1) is 0 Å².